The minimum absolute atomic E-state index is 0.348. The molecule has 3 nitrogen and oxygen atoms in total. The molecule has 0 aromatic carbocycles. The zero-order chi connectivity index (χ0) is 17.2. The molecular weight excluding hydrogens is 286 g/mol. The van der Waals surface area contributed by atoms with Crippen LogP contribution in [-0.4, -0.2) is 36.5 Å². The van der Waals surface area contributed by atoms with Crippen LogP contribution in [0.25, 0.3) is 0 Å². The zero-order valence-corrected chi connectivity index (χ0v) is 15.9. The summed E-state index contributed by atoms with van der Waals surface area (Å²) >= 11 is 0. The third-order valence-electron chi connectivity index (χ3n) is 4.70. The first kappa shape index (κ1) is 22.9. The van der Waals surface area contributed by atoms with Crippen LogP contribution in [-0.2, 0) is 0 Å². The van der Waals surface area contributed by atoms with Crippen LogP contribution in [0.2, 0.25) is 0 Å². The molecule has 23 heavy (non-hydrogen) atoms. The predicted octanol–water partition coefficient (Wildman–Crippen LogP) is 4.51. The van der Waals surface area contributed by atoms with E-state index in [9.17, 15) is 0 Å². The van der Waals surface area contributed by atoms with Gasteiger partial charge in [0.25, 0.3) is 0 Å². The summed E-state index contributed by atoms with van der Waals surface area (Å²) < 4.78 is 0. The SMILES string of the molecule is CC(CCCCCCCO)CNCC(C)CCCCCCCO. The first-order valence-corrected chi connectivity index (χ1v) is 10.1. The molecule has 0 aliphatic rings. The molecule has 2 unspecified atom stereocenters. The van der Waals surface area contributed by atoms with Crippen molar-refractivity contribution in [2.24, 2.45) is 11.8 Å². The van der Waals surface area contributed by atoms with Crippen molar-refractivity contribution in [3.05, 3.63) is 0 Å². The minimum atomic E-state index is 0.348. The van der Waals surface area contributed by atoms with Crippen molar-refractivity contribution in [2.45, 2.75) is 90.9 Å². The van der Waals surface area contributed by atoms with Gasteiger partial charge < -0.3 is 15.5 Å². The van der Waals surface area contributed by atoms with Crippen LogP contribution >= 0.6 is 0 Å². The molecule has 2 atom stereocenters. The summed E-state index contributed by atoms with van der Waals surface area (Å²) in [6.07, 6.45) is 14.8. The summed E-state index contributed by atoms with van der Waals surface area (Å²) in [4.78, 5) is 0. The lowest BCUT2D eigenvalue weighted by molar-refractivity contribution is 0.282. The second kappa shape index (κ2) is 18.2. The highest BCUT2D eigenvalue weighted by molar-refractivity contribution is 4.62. The molecule has 140 valence electrons. The maximum atomic E-state index is 8.74. The average molecular weight is 330 g/mol. The van der Waals surface area contributed by atoms with Crippen LogP contribution in [0.4, 0.5) is 0 Å². The molecule has 0 heterocycles. The molecule has 0 rings (SSSR count). The summed E-state index contributed by atoms with van der Waals surface area (Å²) in [5.41, 5.74) is 0. The normalized spacial score (nSPS) is 14.1. The van der Waals surface area contributed by atoms with Gasteiger partial charge in [0.1, 0.15) is 0 Å². The molecule has 0 saturated carbocycles. The summed E-state index contributed by atoms with van der Waals surface area (Å²) in [6, 6.07) is 0. The van der Waals surface area contributed by atoms with Gasteiger partial charge in [0, 0.05) is 13.2 Å². The molecule has 3 heteroatoms. The fourth-order valence-electron chi connectivity index (χ4n) is 3.05. The number of rotatable bonds is 18. The lowest BCUT2D eigenvalue weighted by Gasteiger charge is -2.16. The van der Waals surface area contributed by atoms with Crippen LogP contribution < -0.4 is 5.32 Å². The van der Waals surface area contributed by atoms with Crippen molar-refractivity contribution >= 4 is 0 Å². The lowest BCUT2D eigenvalue weighted by atomic mass is 10.0. The summed E-state index contributed by atoms with van der Waals surface area (Å²) in [5.74, 6) is 1.55. The zero-order valence-electron chi connectivity index (χ0n) is 15.9. The summed E-state index contributed by atoms with van der Waals surface area (Å²) in [7, 11) is 0. The quantitative estimate of drug-likeness (QED) is 0.324. The standard InChI is InChI=1S/C20H43NO2/c1-19(13-9-5-3-7-11-15-22)17-21-18-20(2)14-10-6-4-8-12-16-23/h19-23H,3-18H2,1-2H3. The molecule has 0 spiro atoms. The maximum absolute atomic E-state index is 8.74. The monoisotopic (exact) mass is 329 g/mol. The molecule has 0 aromatic rings. The Morgan fingerprint density at radius 2 is 0.913 bits per heavy atom. The van der Waals surface area contributed by atoms with E-state index in [1.165, 1.54) is 64.2 Å². The number of hydrogen-bond acceptors (Lipinski definition) is 3. The van der Waals surface area contributed by atoms with Crippen molar-refractivity contribution < 1.29 is 10.2 Å². The van der Waals surface area contributed by atoms with Gasteiger partial charge in [0.15, 0.2) is 0 Å². The molecule has 0 saturated heterocycles. The largest absolute Gasteiger partial charge is 0.396 e. The Morgan fingerprint density at radius 3 is 1.30 bits per heavy atom. The van der Waals surface area contributed by atoms with E-state index in [0.29, 0.717) is 13.2 Å². The Labute approximate surface area is 145 Å². The third-order valence-corrected chi connectivity index (χ3v) is 4.70. The lowest BCUT2D eigenvalue weighted by Crippen LogP contribution is -2.26. The van der Waals surface area contributed by atoms with E-state index in [1.807, 2.05) is 0 Å². The molecule has 0 radical (unpaired) electrons. The minimum Gasteiger partial charge on any atom is -0.396 e. The smallest absolute Gasteiger partial charge is 0.0431 e. The average Bonchev–Trinajstić information content (AvgIpc) is 2.54. The Hall–Kier alpha value is -0.120. The second-order valence-corrected chi connectivity index (χ2v) is 7.43. The topological polar surface area (TPSA) is 52.5 Å². The van der Waals surface area contributed by atoms with Crippen molar-refractivity contribution in [1.29, 1.82) is 0 Å². The highest BCUT2D eigenvalue weighted by Gasteiger charge is 2.05. The van der Waals surface area contributed by atoms with Gasteiger partial charge in [-0.3, -0.25) is 0 Å². The van der Waals surface area contributed by atoms with Gasteiger partial charge in [-0.15, -0.1) is 0 Å². The Bertz CT molecular complexity index is 202. The highest BCUT2D eigenvalue weighted by Crippen LogP contribution is 2.12. The van der Waals surface area contributed by atoms with Crippen molar-refractivity contribution in [3.63, 3.8) is 0 Å². The van der Waals surface area contributed by atoms with Crippen LogP contribution in [0.1, 0.15) is 90.9 Å². The maximum Gasteiger partial charge on any atom is 0.0431 e. The molecule has 0 fully saturated rings. The number of aliphatic hydroxyl groups is 2. The molecular formula is C20H43NO2. The highest BCUT2D eigenvalue weighted by atomic mass is 16.3. The van der Waals surface area contributed by atoms with Gasteiger partial charge in [-0.05, 0) is 50.6 Å². The van der Waals surface area contributed by atoms with E-state index in [4.69, 9.17) is 10.2 Å². The first-order chi connectivity index (χ1) is 11.2. The number of unbranched alkanes of at least 4 members (excludes halogenated alkanes) is 8. The Morgan fingerprint density at radius 1 is 0.565 bits per heavy atom. The van der Waals surface area contributed by atoms with Gasteiger partial charge in [0.05, 0.1) is 0 Å². The summed E-state index contributed by atoms with van der Waals surface area (Å²) in [5, 5.41) is 21.1. The van der Waals surface area contributed by atoms with Gasteiger partial charge in [-0.25, -0.2) is 0 Å². The van der Waals surface area contributed by atoms with Gasteiger partial charge in [-0.2, -0.15) is 0 Å². The molecule has 0 aromatic heterocycles. The Kier molecular flexibility index (Phi) is 18.1. The van der Waals surface area contributed by atoms with E-state index < -0.39 is 0 Å². The van der Waals surface area contributed by atoms with E-state index >= 15 is 0 Å². The molecule has 0 amide bonds. The summed E-state index contributed by atoms with van der Waals surface area (Å²) in [6.45, 7) is 7.70. The second-order valence-electron chi connectivity index (χ2n) is 7.43. The van der Waals surface area contributed by atoms with Gasteiger partial charge in [-0.1, -0.05) is 65.2 Å². The predicted molar refractivity (Wildman–Crippen MR) is 101 cm³/mol. The molecule has 0 aliphatic heterocycles. The fourth-order valence-corrected chi connectivity index (χ4v) is 3.05. The third kappa shape index (κ3) is 18.1. The van der Waals surface area contributed by atoms with Crippen molar-refractivity contribution in [1.82, 2.24) is 5.32 Å². The first-order valence-electron chi connectivity index (χ1n) is 10.1. The van der Waals surface area contributed by atoms with Gasteiger partial charge >= 0.3 is 0 Å². The molecule has 0 bridgehead atoms. The number of nitrogens with one attached hydrogen (secondary N) is 1. The van der Waals surface area contributed by atoms with Crippen molar-refractivity contribution in [3.8, 4) is 0 Å². The van der Waals surface area contributed by atoms with E-state index in [0.717, 1.165) is 37.8 Å². The van der Waals surface area contributed by atoms with Crippen LogP contribution in [0.15, 0.2) is 0 Å². The van der Waals surface area contributed by atoms with E-state index in [2.05, 4.69) is 19.2 Å². The number of hydrogen-bond donors (Lipinski definition) is 3. The van der Waals surface area contributed by atoms with E-state index in [-0.39, 0.29) is 0 Å². The molecule has 0 aliphatic carbocycles. The van der Waals surface area contributed by atoms with Crippen LogP contribution in [0.3, 0.4) is 0 Å². The van der Waals surface area contributed by atoms with Gasteiger partial charge in [0.2, 0.25) is 0 Å². The molecule has 3 N–H and O–H groups in total. The van der Waals surface area contributed by atoms with E-state index in [1.54, 1.807) is 0 Å². The fraction of sp³-hybridized carbons (Fsp3) is 1.00. The number of aliphatic hydroxyl groups excluding tert-OH is 2. The van der Waals surface area contributed by atoms with Crippen molar-refractivity contribution in [2.75, 3.05) is 26.3 Å². The van der Waals surface area contributed by atoms with Crippen LogP contribution in [0.5, 0.6) is 0 Å². The van der Waals surface area contributed by atoms with Crippen LogP contribution in [0, 0.1) is 11.8 Å². The Balaban J connectivity index is 3.30.